The smallest absolute Gasteiger partial charge is 0.253 e. The van der Waals surface area contributed by atoms with Gasteiger partial charge in [0, 0.05) is 31.6 Å². The topological polar surface area (TPSA) is 70.2 Å². The molecule has 1 aliphatic carbocycles. The fraction of sp³-hybridized carbons (Fsp3) is 0.348. The van der Waals surface area contributed by atoms with Crippen LogP contribution in [0.5, 0.6) is 0 Å². The lowest BCUT2D eigenvalue weighted by Gasteiger charge is -2.30. The van der Waals surface area contributed by atoms with Crippen molar-refractivity contribution in [2.24, 2.45) is 0 Å². The Hall–Kier alpha value is -2.64. The highest BCUT2D eigenvalue weighted by atomic mass is 35.5. The summed E-state index contributed by atoms with van der Waals surface area (Å²) in [7, 11) is 3.93. The quantitative estimate of drug-likeness (QED) is 0.490. The van der Waals surface area contributed by atoms with Crippen LogP contribution in [0.1, 0.15) is 36.0 Å². The number of aromatic nitrogens is 2. The van der Waals surface area contributed by atoms with Gasteiger partial charge in [0.05, 0.1) is 21.1 Å². The summed E-state index contributed by atoms with van der Waals surface area (Å²) in [6.45, 7) is 0. The van der Waals surface area contributed by atoms with E-state index < -0.39 is 11.7 Å². The van der Waals surface area contributed by atoms with Crippen LogP contribution in [-0.4, -0.2) is 42.1 Å². The van der Waals surface area contributed by atoms with Gasteiger partial charge in [0.25, 0.3) is 5.91 Å². The van der Waals surface area contributed by atoms with Crippen molar-refractivity contribution in [2.75, 3.05) is 24.3 Å². The van der Waals surface area contributed by atoms with E-state index in [-0.39, 0.29) is 27.7 Å². The molecule has 1 amide bonds. The third-order valence-corrected chi connectivity index (χ3v) is 6.26. The number of hydrogen-bond donors (Lipinski definition) is 2. The Bertz CT molecular complexity index is 1150. The van der Waals surface area contributed by atoms with Gasteiger partial charge < -0.3 is 15.5 Å². The molecule has 1 aromatic heterocycles. The molecule has 1 saturated carbocycles. The van der Waals surface area contributed by atoms with Gasteiger partial charge in [0.2, 0.25) is 5.95 Å². The van der Waals surface area contributed by atoms with E-state index in [0.717, 1.165) is 48.5 Å². The van der Waals surface area contributed by atoms with E-state index in [1.165, 1.54) is 6.07 Å². The molecule has 0 saturated heterocycles. The maximum absolute atomic E-state index is 13.7. The predicted molar refractivity (Wildman–Crippen MR) is 127 cm³/mol. The van der Waals surface area contributed by atoms with Crippen LogP contribution in [0.4, 0.5) is 16.2 Å². The summed E-state index contributed by atoms with van der Waals surface area (Å²) < 4.78 is 13.7. The lowest BCUT2D eigenvalue weighted by molar-refractivity contribution is 0.0926. The average molecular weight is 476 g/mol. The number of para-hydroxylation sites is 1. The van der Waals surface area contributed by atoms with E-state index in [9.17, 15) is 9.18 Å². The fourth-order valence-corrected chi connectivity index (χ4v) is 4.46. The first-order valence-electron chi connectivity index (χ1n) is 10.5. The second-order valence-electron chi connectivity index (χ2n) is 8.19. The summed E-state index contributed by atoms with van der Waals surface area (Å²) >= 11 is 11.8. The van der Waals surface area contributed by atoms with Crippen molar-refractivity contribution in [3.63, 3.8) is 0 Å². The maximum Gasteiger partial charge on any atom is 0.253 e. The number of hydrogen-bond acceptors (Lipinski definition) is 5. The molecule has 0 radical (unpaired) electrons. The molecule has 6 nitrogen and oxygen atoms in total. The minimum atomic E-state index is -0.665. The van der Waals surface area contributed by atoms with Crippen LogP contribution in [0.15, 0.2) is 36.4 Å². The minimum absolute atomic E-state index is 0.00906. The zero-order valence-corrected chi connectivity index (χ0v) is 19.3. The zero-order chi connectivity index (χ0) is 22.8. The van der Waals surface area contributed by atoms with Crippen LogP contribution in [0.2, 0.25) is 10.0 Å². The number of anilines is 2. The van der Waals surface area contributed by atoms with Crippen LogP contribution in [0.25, 0.3) is 10.9 Å². The van der Waals surface area contributed by atoms with Crippen molar-refractivity contribution in [3.05, 3.63) is 57.8 Å². The first kappa shape index (κ1) is 22.6. The zero-order valence-electron chi connectivity index (χ0n) is 17.8. The molecule has 0 bridgehead atoms. The largest absolute Gasteiger partial charge is 0.362 e. The highest BCUT2D eigenvalue weighted by Gasteiger charge is 2.25. The van der Waals surface area contributed by atoms with E-state index >= 15 is 0 Å². The summed E-state index contributed by atoms with van der Waals surface area (Å²) in [5, 5.41) is 7.44. The second-order valence-corrected chi connectivity index (χ2v) is 9.01. The van der Waals surface area contributed by atoms with Gasteiger partial charge in [-0.3, -0.25) is 4.79 Å². The lowest BCUT2D eigenvalue weighted by atomic mass is 9.91. The second kappa shape index (κ2) is 9.46. The summed E-state index contributed by atoms with van der Waals surface area (Å²) in [4.78, 5) is 23.9. The summed E-state index contributed by atoms with van der Waals surface area (Å²) in [6, 6.07) is 10.5. The highest BCUT2D eigenvalue weighted by molar-refractivity contribution is 6.36. The van der Waals surface area contributed by atoms with Crippen molar-refractivity contribution in [3.8, 4) is 0 Å². The lowest BCUT2D eigenvalue weighted by Crippen LogP contribution is -2.40. The van der Waals surface area contributed by atoms with Crippen LogP contribution >= 0.6 is 23.2 Å². The van der Waals surface area contributed by atoms with E-state index in [1.54, 1.807) is 0 Å². The molecule has 1 heterocycles. The van der Waals surface area contributed by atoms with Gasteiger partial charge >= 0.3 is 0 Å². The van der Waals surface area contributed by atoms with Gasteiger partial charge in [0.1, 0.15) is 11.6 Å². The Morgan fingerprint density at radius 1 is 1.03 bits per heavy atom. The minimum Gasteiger partial charge on any atom is -0.362 e. The molecule has 2 N–H and O–H groups in total. The van der Waals surface area contributed by atoms with Crippen LogP contribution < -0.4 is 15.5 Å². The number of fused-ring (bicyclic) bond motifs is 1. The maximum atomic E-state index is 13.7. The van der Waals surface area contributed by atoms with Gasteiger partial charge in [0.15, 0.2) is 0 Å². The predicted octanol–water partition coefficient (Wildman–Crippen LogP) is 5.29. The Morgan fingerprint density at radius 3 is 2.44 bits per heavy atom. The molecule has 1 aliphatic rings. The molecule has 2 aromatic carbocycles. The molecule has 32 heavy (non-hydrogen) atoms. The molecule has 4 rings (SSSR count). The molecule has 1 fully saturated rings. The highest BCUT2D eigenvalue weighted by Crippen LogP contribution is 2.28. The number of carbonyl (C=O) groups is 1. The summed E-state index contributed by atoms with van der Waals surface area (Å²) in [6.07, 6.45) is 3.26. The first-order chi connectivity index (χ1) is 15.3. The Balaban J connectivity index is 1.38. The van der Waals surface area contributed by atoms with Crippen LogP contribution in [-0.2, 0) is 0 Å². The van der Waals surface area contributed by atoms with Crippen molar-refractivity contribution in [1.82, 2.24) is 15.3 Å². The fourth-order valence-electron chi connectivity index (χ4n) is 3.99. The van der Waals surface area contributed by atoms with E-state index in [4.69, 9.17) is 28.2 Å². The number of carbonyl (C=O) groups excluding carboxylic acids is 1. The molecule has 3 aromatic rings. The van der Waals surface area contributed by atoms with Crippen LogP contribution in [0.3, 0.4) is 0 Å². The van der Waals surface area contributed by atoms with Gasteiger partial charge in [-0.1, -0.05) is 35.3 Å². The first-order valence-corrected chi connectivity index (χ1v) is 11.2. The van der Waals surface area contributed by atoms with E-state index in [0.29, 0.717) is 5.95 Å². The molecule has 0 unspecified atom stereocenters. The van der Waals surface area contributed by atoms with Crippen molar-refractivity contribution in [2.45, 2.75) is 37.8 Å². The molecule has 0 spiro atoms. The Morgan fingerprint density at radius 2 is 1.72 bits per heavy atom. The van der Waals surface area contributed by atoms with Gasteiger partial charge in [-0.05, 0) is 49.9 Å². The number of nitrogens with one attached hydrogen (secondary N) is 2. The normalized spacial score (nSPS) is 18.4. The number of benzene rings is 2. The standard InChI is InChI=1S/C23H24Cl2FN5O/c1-31(2)21-15-5-3-4-6-20(15)29-23(30-21)28-14-9-7-13(8-10-14)27-22(32)16-11-19(26)18(25)12-17(16)24/h3-6,11-14H,7-10H2,1-2H3,(H,27,32)(H,28,29,30). The molecular weight excluding hydrogens is 452 g/mol. The number of amides is 1. The Labute approximate surface area is 196 Å². The molecule has 0 aliphatic heterocycles. The van der Waals surface area contributed by atoms with E-state index in [2.05, 4.69) is 15.6 Å². The number of nitrogens with zero attached hydrogens (tertiary/aromatic N) is 3. The van der Waals surface area contributed by atoms with Crippen molar-refractivity contribution < 1.29 is 9.18 Å². The third kappa shape index (κ3) is 4.89. The van der Waals surface area contributed by atoms with Crippen molar-refractivity contribution in [1.29, 1.82) is 0 Å². The van der Waals surface area contributed by atoms with Gasteiger partial charge in [-0.2, -0.15) is 4.98 Å². The van der Waals surface area contributed by atoms with Gasteiger partial charge in [-0.15, -0.1) is 0 Å². The molecule has 168 valence electrons. The summed E-state index contributed by atoms with van der Waals surface area (Å²) in [5.41, 5.74) is 0.983. The van der Waals surface area contributed by atoms with Crippen molar-refractivity contribution >= 4 is 51.8 Å². The Kier molecular flexibility index (Phi) is 6.67. The van der Waals surface area contributed by atoms with E-state index in [1.807, 2.05) is 43.3 Å². The molecule has 0 atom stereocenters. The molecular formula is C23H24Cl2FN5O. The number of rotatable bonds is 5. The SMILES string of the molecule is CN(C)c1nc(NC2CCC(NC(=O)c3cc(F)c(Cl)cc3Cl)CC2)nc2ccccc12. The molecule has 9 heteroatoms. The average Bonchev–Trinajstić information content (AvgIpc) is 2.77. The third-order valence-electron chi connectivity index (χ3n) is 5.66. The van der Waals surface area contributed by atoms with Crippen LogP contribution in [0, 0.1) is 5.82 Å². The monoisotopic (exact) mass is 475 g/mol. The summed E-state index contributed by atoms with van der Waals surface area (Å²) in [5.74, 6) is 0.409. The van der Waals surface area contributed by atoms with Gasteiger partial charge in [-0.25, -0.2) is 9.37 Å². The number of halogens is 3.